The lowest BCUT2D eigenvalue weighted by Crippen LogP contribution is -2.28. The Morgan fingerprint density at radius 1 is 1.47 bits per heavy atom. The van der Waals surface area contributed by atoms with Crippen LogP contribution in [0.3, 0.4) is 0 Å². The lowest BCUT2D eigenvalue weighted by molar-refractivity contribution is 0.641. The minimum atomic E-state index is 0.0104. The van der Waals surface area contributed by atoms with E-state index in [0.29, 0.717) is 0 Å². The maximum atomic E-state index is 5.60. The minimum absolute atomic E-state index is 0.0104. The van der Waals surface area contributed by atoms with Crippen molar-refractivity contribution < 1.29 is 0 Å². The van der Waals surface area contributed by atoms with Crippen LogP contribution in [0.1, 0.15) is 27.1 Å². The van der Waals surface area contributed by atoms with Gasteiger partial charge in [0.05, 0.1) is 16.6 Å². The molecule has 2 aromatic heterocycles. The van der Waals surface area contributed by atoms with E-state index in [-0.39, 0.29) is 6.04 Å². The summed E-state index contributed by atoms with van der Waals surface area (Å²) in [5, 5.41) is 6.07. The first-order valence-electron chi connectivity index (χ1n) is 4.53. The zero-order chi connectivity index (χ0) is 10.8. The average molecular weight is 240 g/mol. The quantitative estimate of drug-likeness (QED) is 0.634. The van der Waals surface area contributed by atoms with E-state index in [1.54, 1.807) is 11.3 Å². The van der Waals surface area contributed by atoms with Crippen LogP contribution in [-0.4, -0.2) is 9.59 Å². The summed E-state index contributed by atoms with van der Waals surface area (Å²) in [5.41, 5.74) is 4.97. The van der Waals surface area contributed by atoms with Crippen LogP contribution in [-0.2, 0) is 0 Å². The van der Waals surface area contributed by atoms with Gasteiger partial charge in [0.15, 0.2) is 0 Å². The maximum Gasteiger partial charge on any atom is 0.0848 e. The van der Waals surface area contributed by atoms with Crippen LogP contribution in [0.25, 0.3) is 0 Å². The number of hydrogen-bond donors (Lipinski definition) is 2. The van der Waals surface area contributed by atoms with Crippen molar-refractivity contribution >= 4 is 22.9 Å². The Kier molecular flexibility index (Phi) is 3.11. The molecule has 0 saturated carbocycles. The third-order valence-corrected chi connectivity index (χ3v) is 4.08. The highest BCUT2D eigenvalue weighted by molar-refractivity contribution is 7.10. The summed E-state index contributed by atoms with van der Waals surface area (Å²) in [4.78, 5) is 2.35. The van der Waals surface area contributed by atoms with Gasteiger partial charge in [0.25, 0.3) is 0 Å². The molecule has 2 aromatic rings. The van der Waals surface area contributed by atoms with Crippen molar-refractivity contribution in [2.24, 2.45) is 5.84 Å². The molecule has 6 heteroatoms. The maximum absolute atomic E-state index is 5.60. The van der Waals surface area contributed by atoms with E-state index in [4.69, 9.17) is 5.84 Å². The SMILES string of the molecule is Cc1nnsc1C(NN)c1ccsc1C. The number of rotatable bonds is 3. The van der Waals surface area contributed by atoms with Crippen LogP contribution in [0.4, 0.5) is 0 Å². The summed E-state index contributed by atoms with van der Waals surface area (Å²) >= 11 is 3.11. The van der Waals surface area contributed by atoms with E-state index in [2.05, 4.69) is 33.4 Å². The van der Waals surface area contributed by atoms with Gasteiger partial charge in [-0.1, -0.05) is 4.49 Å². The molecule has 0 fully saturated rings. The van der Waals surface area contributed by atoms with Crippen molar-refractivity contribution in [1.29, 1.82) is 0 Å². The molecular weight excluding hydrogens is 228 g/mol. The Morgan fingerprint density at radius 2 is 2.27 bits per heavy atom. The van der Waals surface area contributed by atoms with Gasteiger partial charge in [-0.25, -0.2) is 5.43 Å². The number of hydrazine groups is 1. The predicted octanol–water partition coefficient (Wildman–Crippen LogP) is 1.77. The molecule has 0 aromatic carbocycles. The topological polar surface area (TPSA) is 63.8 Å². The van der Waals surface area contributed by atoms with Gasteiger partial charge in [-0.15, -0.1) is 16.4 Å². The molecule has 0 spiro atoms. The molecule has 0 saturated heterocycles. The van der Waals surface area contributed by atoms with E-state index in [0.717, 1.165) is 10.6 Å². The molecule has 0 aliphatic rings. The summed E-state index contributed by atoms with van der Waals surface area (Å²) in [6, 6.07) is 2.10. The fraction of sp³-hybridized carbons (Fsp3) is 0.333. The first-order chi connectivity index (χ1) is 7.24. The molecule has 0 radical (unpaired) electrons. The number of nitrogens with two attached hydrogens (primary N) is 1. The molecule has 1 atom stereocenters. The summed E-state index contributed by atoms with van der Waals surface area (Å²) in [7, 11) is 0. The molecule has 4 nitrogen and oxygen atoms in total. The van der Waals surface area contributed by atoms with Gasteiger partial charge < -0.3 is 0 Å². The molecule has 0 bridgehead atoms. The molecule has 80 valence electrons. The largest absolute Gasteiger partial charge is 0.271 e. The van der Waals surface area contributed by atoms with Crippen molar-refractivity contribution in [2.45, 2.75) is 19.9 Å². The number of aryl methyl sites for hydroxylation is 2. The number of nitrogens with one attached hydrogen (secondary N) is 1. The van der Waals surface area contributed by atoms with E-state index in [1.807, 2.05) is 6.92 Å². The Labute approximate surface area is 96.3 Å². The smallest absolute Gasteiger partial charge is 0.0848 e. The van der Waals surface area contributed by atoms with E-state index < -0.39 is 0 Å². The van der Waals surface area contributed by atoms with Crippen LogP contribution in [0.5, 0.6) is 0 Å². The zero-order valence-corrected chi connectivity index (χ0v) is 10.2. The fourth-order valence-corrected chi connectivity index (χ4v) is 2.97. The Balaban J connectivity index is 2.41. The minimum Gasteiger partial charge on any atom is -0.271 e. The van der Waals surface area contributed by atoms with Gasteiger partial charge in [0.2, 0.25) is 0 Å². The van der Waals surface area contributed by atoms with Crippen LogP contribution in [0.2, 0.25) is 0 Å². The van der Waals surface area contributed by atoms with Crippen LogP contribution in [0, 0.1) is 13.8 Å². The number of hydrogen-bond acceptors (Lipinski definition) is 6. The molecule has 0 amide bonds. The number of aromatic nitrogens is 2. The van der Waals surface area contributed by atoms with Gasteiger partial charge >= 0.3 is 0 Å². The second-order valence-corrected chi connectivity index (χ2v) is 5.16. The van der Waals surface area contributed by atoms with Crippen molar-refractivity contribution in [2.75, 3.05) is 0 Å². The Bertz CT molecular complexity index is 408. The molecule has 1 unspecified atom stereocenters. The van der Waals surface area contributed by atoms with Gasteiger partial charge in [-0.2, -0.15) is 0 Å². The van der Waals surface area contributed by atoms with Crippen LogP contribution in [0.15, 0.2) is 11.4 Å². The second-order valence-electron chi connectivity index (χ2n) is 3.25. The number of nitrogens with zero attached hydrogens (tertiary/aromatic N) is 2. The zero-order valence-electron chi connectivity index (χ0n) is 8.52. The highest BCUT2D eigenvalue weighted by Gasteiger charge is 2.20. The lowest BCUT2D eigenvalue weighted by Gasteiger charge is -2.13. The average Bonchev–Trinajstić information content (AvgIpc) is 2.80. The lowest BCUT2D eigenvalue weighted by atomic mass is 10.1. The molecule has 0 aliphatic heterocycles. The van der Waals surface area contributed by atoms with Gasteiger partial charge in [-0.05, 0) is 42.4 Å². The molecule has 2 rings (SSSR count). The van der Waals surface area contributed by atoms with Crippen LogP contribution >= 0.6 is 22.9 Å². The normalized spacial score (nSPS) is 13.0. The molecule has 0 aliphatic carbocycles. The third-order valence-electron chi connectivity index (χ3n) is 2.33. The predicted molar refractivity (Wildman–Crippen MR) is 62.9 cm³/mol. The van der Waals surface area contributed by atoms with E-state index in [1.165, 1.54) is 22.0 Å². The monoisotopic (exact) mass is 240 g/mol. The van der Waals surface area contributed by atoms with Crippen molar-refractivity contribution in [1.82, 2.24) is 15.0 Å². The van der Waals surface area contributed by atoms with Gasteiger partial charge in [0.1, 0.15) is 0 Å². The Hall–Kier alpha value is -0.820. The van der Waals surface area contributed by atoms with Crippen LogP contribution < -0.4 is 11.3 Å². The second kappa shape index (κ2) is 4.36. The van der Waals surface area contributed by atoms with Crippen molar-refractivity contribution in [3.05, 3.63) is 32.5 Å². The molecule has 15 heavy (non-hydrogen) atoms. The highest BCUT2D eigenvalue weighted by atomic mass is 32.1. The van der Waals surface area contributed by atoms with Crippen molar-refractivity contribution in [3.63, 3.8) is 0 Å². The fourth-order valence-electron chi connectivity index (χ4n) is 1.50. The van der Waals surface area contributed by atoms with E-state index in [9.17, 15) is 0 Å². The molecule has 2 heterocycles. The third kappa shape index (κ3) is 1.93. The number of thiophene rings is 1. The first kappa shape index (κ1) is 10.7. The standard InChI is InChI=1S/C9H12N4S2/c1-5-9(15-13-12-5)8(11-10)7-3-4-14-6(7)2/h3-4,8,11H,10H2,1-2H3. The highest BCUT2D eigenvalue weighted by Crippen LogP contribution is 2.30. The van der Waals surface area contributed by atoms with E-state index >= 15 is 0 Å². The summed E-state index contributed by atoms with van der Waals surface area (Å²) in [6.45, 7) is 4.04. The molecular formula is C9H12N4S2. The van der Waals surface area contributed by atoms with Crippen molar-refractivity contribution in [3.8, 4) is 0 Å². The Morgan fingerprint density at radius 3 is 2.73 bits per heavy atom. The summed E-state index contributed by atoms with van der Waals surface area (Å²) in [5.74, 6) is 5.60. The summed E-state index contributed by atoms with van der Waals surface area (Å²) in [6.07, 6.45) is 0. The molecule has 3 N–H and O–H groups in total. The van der Waals surface area contributed by atoms with Gasteiger partial charge in [0, 0.05) is 4.88 Å². The first-order valence-corrected chi connectivity index (χ1v) is 6.18. The summed E-state index contributed by atoms with van der Waals surface area (Å²) < 4.78 is 3.93. The van der Waals surface area contributed by atoms with Gasteiger partial charge in [-0.3, -0.25) is 5.84 Å².